The number of rotatable bonds is 6. The van der Waals surface area contributed by atoms with Gasteiger partial charge in [-0.15, -0.1) is 0 Å². The lowest BCUT2D eigenvalue weighted by Gasteiger charge is -2.06. The number of nitrogens with one attached hydrogen (secondary N) is 1. The topological polar surface area (TPSA) is 34.0 Å². The number of hydrogen-bond acceptors (Lipinski definition) is 2. The average Bonchev–Trinajstić information content (AvgIpc) is 2.24. The van der Waals surface area contributed by atoms with Crippen LogP contribution in [-0.2, 0) is 6.54 Å². The number of pyridine rings is 1. The third-order valence-electron chi connectivity index (χ3n) is 2.39. The lowest BCUT2D eigenvalue weighted by Crippen LogP contribution is -2.24. The molecule has 0 amide bonds. The molecular weight excluding hydrogens is 188 g/mol. The Balaban J connectivity index is 2.38. The molecule has 3 heteroatoms. The summed E-state index contributed by atoms with van der Waals surface area (Å²) in [6.07, 6.45) is 4.02. The Bertz CT molecular complexity index is 344. The van der Waals surface area contributed by atoms with Crippen molar-refractivity contribution in [2.75, 3.05) is 13.1 Å². The van der Waals surface area contributed by atoms with Crippen LogP contribution in [-0.4, -0.2) is 17.7 Å². The molecule has 1 N–H and O–H groups in total. The fourth-order valence-electron chi connectivity index (χ4n) is 1.51. The fraction of sp³-hybridized carbons (Fsp3) is 0.583. The number of aryl methyl sites for hydroxylation is 2. The minimum absolute atomic E-state index is 0.132. The minimum Gasteiger partial charge on any atom is -0.317 e. The van der Waals surface area contributed by atoms with E-state index in [9.17, 15) is 4.79 Å². The zero-order chi connectivity index (χ0) is 11.1. The minimum atomic E-state index is 0.132. The van der Waals surface area contributed by atoms with Gasteiger partial charge >= 0.3 is 0 Å². The Labute approximate surface area is 91.1 Å². The Morgan fingerprint density at radius 1 is 1.40 bits per heavy atom. The predicted octanol–water partition coefficient (Wildman–Crippen LogP) is 1.55. The fourth-order valence-corrected chi connectivity index (χ4v) is 1.51. The van der Waals surface area contributed by atoms with E-state index < -0.39 is 0 Å². The van der Waals surface area contributed by atoms with Crippen LogP contribution in [0.3, 0.4) is 0 Å². The van der Waals surface area contributed by atoms with Crippen molar-refractivity contribution in [1.82, 2.24) is 9.88 Å². The van der Waals surface area contributed by atoms with E-state index in [1.165, 1.54) is 0 Å². The highest BCUT2D eigenvalue weighted by Crippen LogP contribution is 1.91. The van der Waals surface area contributed by atoms with E-state index >= 15 is 0 Å². The van der Waals surface area contributed by atoms with Crippen molar-refractivity contribution in [3.8, 4) is 0 Å². The molecule has 0 saturated carbocycles. The SMILES string of the molecule is CCCNCCCn1cccc(C)c1=O. The van der Waals surface area contributed by atoms with Gasteiger partial charge in [-0.2, -0.15) is 0 Å². The zero-order valence-corrected chi connectivity index (χ0v) is 9.62. The third kappa shape index (κ3) is 3.88. The Kier molecular flexibility index (Phi) is 5.12. The highest BCUT2D eigenvalue weighted by atomic mass is 16.1. The molecule has 15 heavy (non-hydrogen) atoms. The molecule has 0 bridgehead atoms. The molecule has 0 spiro atoms. The van der Waals surface area contributed by atoms with Crippen LogP contribution in [0.1, 0.15) is 25.3 Å². The normalized spacial score (nSPS) is 10.5. The zero-order valence-electron chi connectivity index (χ0n) is 9.62. The van der Waals surface area contributed by atoms with E-state index in [-0.39, 0.29) is 5.56 Å². The van der Waals surface area contributed by atoms with Crippen molar-refractivity contribution in [3.05, 3.63) is 34.2 Å². The maximum atomic E-state index is 11.6. The molecule has 0 aliphatic rings. The predicted molar refractivity (Wildman–Crippen MR) is 63.2 cm³/mol. The van der Waals surface area contributed by atoms with Crippen LogP contribution in [0.15, 0.2) is 23.1 Å². The van der Waals surface area contributed by atoms with Crippen molar-refractivity contribution < 1.29 is 0 Å². The van der Waals surface area contributed by atoms with Crippen LogP contribution in [0, 0.1) is 6.92 Å². The number of hydrogen-bond donors (Lipinski definition) is 1. The molecule has 84 valence electrons. The van der Waals surface area contributed by atoms with Gasteiger partial charge in [-0.3, -0.25) is 4.79 Å². The largest absolute Gasteiger partial charge is 0.317 e. The number of aromatic nitrogens is 1. The van der Waals surface area contributed by atoms with Gasteiger partial charge in [0.15, 0.2) is 0 Å². The molecule has 0 aromatic carbocycles. The van der Waals surface area contributed by atoms with Crippen LogP contribution < -0.4 is 10.9 Å². The third-order valence-corrected chi connectivity index (χ3v) is 2.39. The summed E-state index contributed by atoms with van der Waals surface area (Å²) in [5, 5.41) is 3.32. The smallest absolute Gasteiger partial charge is 0.253 e. The van der Waals surface area contributed by atoms with Gasteiger partial charge in [-0.1, -0.05) is 13.0 Å². The molecule has 0 atom stereocenters. The molecule has 0 unspecified atom stereocenters. The van der Waals surface area contributed by atoms with E-state index in [2.05, 4.69) is 12.2 Å². The number of nitrogens with zero attached hydrogens (tertiary/aromatic N) is 1. The summed E-state index contributed by atoms with van der Waals surface area (Å²) in [5.41, 5.74) is 0.951. The Hall–Kier alpha value is -1.09. The first-order valence-corrected chi connectivity index (χ1v) is 5.62. The van der Waals surface area contributed by atoms with Crippen LogP contribution >= 0.6 is 0 Å². The Morgan fingerprint density at radius 3 is 2.93 bits per heavy atom. The van der Waals surface area contributed by atoms with Crippen molar-refractivity contribution >= 4 is 0 Å². The summed E-state index contributed by atoms with van der Waals surface area (Å²) in [5.74, 6) is 0. The van der Waals surface area contributed by atoms with Gasteiger partial charge in [0, 0.05) is 18.3 Å². The monoisotopic (exact) mass is 208 g/mol. The highest BCUT2D eigenvalue weighted by molar-refractivity contribution is 5.07. The second-order valence-electron chi connectivity index (χ2n) is 3.79. The van der Waals surface area contributed by atoms with Crippen LogP contribution in [0.4, 0.5) is 0 Å². The van der Waals surface area contributed by atoms with Gasteiger partial charge in [0.25, 0.3) is 5.56 Å². The van der Waals surface area contributed by atoms with Crippen molar-refractivity contribution in [1.29, 1.82) is 0 Å². The summed E-state index contributed by atoms with van der Waals surface area (Å²) in [4.78, 5) is 11.6. The quantitative estimate of drug-likeness (QED) is 0.720. The molecule has 3 nitrogen and oxygen atoms in total. The molecular formula is C12H20N2O. The first kappa shape index (κ1) is 12.0. The van der Waals surface area contributed by atoms with Crippen LogP contribution in [0.5, 0.6) is 0 Å². The summed E-state index contributed by atoms with van der Waals surface area (Å²) in [6, 6.07) is 3.78. The molecule has 0 saturated heterocycles. The van der Waals surface area contributed by atoms with E-state index in [0.717, 1.165) is 38.0 Å². The lowest BCUT2D eigenvalue weighted by atomic mass is 10.3. The van der Waals surface area contributed by atoms with Gasteiger partial charge in [0.2, 0.25) is 0 Å². The molecule has 1 aromatic rings. The van der Waals surface area contributed by atoms with Gasteiger partial charge in [-0.05, 0) is 38.9 Å². The first-order valence-electron chi connectivity index (χ1n) is 5.62. The Morgan fingerprint density at radius 2 is 2.20 bits per heavy atom. The van der Waals surface area contributed by atoms with E-state index in [0.29, 0.717) is 0 Å². The maximum Gasteiger partial charge on any atom is 0.253 e. The van der Waals surface area contributed by atoms with Crippen LogP contribution in [0.25, 0.3) is 0 Å². The molecule has 0 fully saturated rings. The maximum absolute atomic E-state index is 11.6. The van der Waals surface area contributed by atoms with E-state index in [4.69, 9.17) is 0 Å². The second-order valence-corrected chi connectivity index (χ2v) is 3.79. The summed E-state index contributed by atoms with van der Waals surface area (Å²) < 4.78 is 1.78. The molecule has 1 rings (SSSR count). The van der Waals surface area contributed by atoms with Gasteiger partial charge in [0.05, 0.1) is 0 Å². The molecule has 1 aromatic heterocycles. The van der Waals surface area contributed by atoms with Crippen LogP contribution in [0.2, 0.25) is 0 Å². The summed E-state index contributed by atoms with van der Waals surface area (Å²) in [6.45, 7) is 6.85. The van der Waals surface area contributed by atoms with Crippen molar-refractivity contribution in [2.24, 2.45) is 0 Å². The second kappa shape index (κ2) is 6.40. The lowest BCUT2D eigenvalue weighted by molar-refractivity contribution is 0.567. The molecule has 0 aliphatic heterocycles. The molecule has 1 heterocycles. The first-order chi connectivity index (χ1) is 7.25. The summed E-state index contributed by atoms with van der Waals surface area (Å²) in [7, 11) is 0. The molecule has 0 radical (unpaired) electrons. The van der Waals surface area contributed by atoms with Crippen molar-refractivity contribution in [3.63, 3.8) is 0 Å². The highest BCUT2D eigenvalue weighted by Gasteiger charge is 1.97. The summed E-state index contributed by atoms with van der Waals surface area (Å²) >= 11 is 0. The van der Waals surface area contributed by atoms with Crippen molar-refractivity contribution in [2.45, 2.75) is 33.2 Å². The van der Waals surface area contributed by atoms with Gasteiger partial charge in [0.1, 0.15) is 0 Å². The van der Waals surface area contributed by atoms with Gasteiger partial charge < -0.3 is 9.88 Å². The molecule has 0 aliphatic carbocycles. The van der Waals surface area contributed by atoms with E-state index in [1.54, 1.807) is 4.57 Å². The standard InChI is InChI=1S/C12H20N2O/c1-3-7-13-8-5-10-14-9-4-6-11(2)12(14)15/h4,6,9,13H,3,5,7-8,10H2,1-2H3. The van der Waals surface area contributed by atoms with Gasteiger partial charge in [-0.25, -0.2) is 0 Å². The average molecular weight is 208 g/mol. The van der Waals surface area contributed by atoms with E-state index in [1.807, 2.05) is 25.3 Å².